The average molecular weight is 286 g/mol. The molecule has 0 aliphatic carbocycles. The molecule has 5 nitrogen and oxygen atoms in total. The van der Waals surface area contributed by atoms with Crippen LogP contribution >= 0.6 is 0 Å². The summed E-state index contributed by atoms with van der Waals surface area (Å²) in [4.78, 5) is 13.7. The summed E-state index contributed by atoms with van der Waals surface area (Å²) in [5.74, 6) is 2.43. The van der Waals surface area contributed by atoms with Crippen molar-refractivity contribution < 1.29 is 4.74 Å². The number of methoxy groups -OCH3 is 1. The molecule has 0 aromatic carbocycles. The van der Waals surface area contributed by atoms with Crippen LogP contribution in [0.3, 0.4) is 0 Å². The molecule has 21 heavy (non-hydrogen) atoms. The van der Waals surface area contributed by atoms with Crippen molar-refractivity contribution in [2.75, 3.05) is 19.0 Å². The number of aryl methyl sites for hydroxylation is 1. The van der Waals surface area contributed by atoms with Crippen LogP contribution in [0.15, 0.2) is 18.2 Å². The molecule has 0 aliphatic rings. The molecule has 0 amide bonds. The number of aromatic nitrogens is 3. The lowest BCUT2D eigenvalue weighted by Crippen LogP contribution is -2.10. The Hall–Kier alpha value is -2.17. The SMILES string of the molecule is CCNc1nc(-c2cccc(OC)n2)nc(C)c1C(C)C. The molecule has 2 heterocycles. The lowest BCUT2D eigenvalue weighted by molar-refractivity contribution is 0.398. The summed E-state index contributed by atoms with van der Waals surface area (Å²) in [6.07, 6.45) is 0. The van der Waals surface area contributed by atoms with E-state index in [-0.39, 0.29) is 0 Å². The summed E-state index contributed by atoms with van der Waals surface area (Å²) in [5.41, 5.74) is 2.85. The van der Waals surface area contributed by atoms with Crippen molar-refractivity contribution in [3.8, 4) is 17.4 Å². The van der Waals surface area contributed by atoms with Gasteiger partial charge in [-0.15, -0.1) is 0 Å². The maximum atomic E-state index is 5.16. The number of nitrogens with one attached hydrogen (secondary N) is 1. The fraction of sp³-hybridized carbons (Fsp3) is 0.438. The first-order valence-electron chi connectivity index (χ1n) is 7.20. The highest BCUT2D eigenvalue weighted by molar-refractivity contribution is 5.57. The van der Waals surface area contributed by atoms with Crippen molar-refractivity contribution in [1.29, 1.82) is 0 Å². The molecule has 0 atom stereocenters. The lowest BCUT2D eigenvalue weighted by atomic mass is 10.0. The van der Waals surface area contributed by atoms with Gasteiger partial charge >= 0.3 is 0 Å². The molecule has 0 aliphatic heterocycles. The fourth-order valence-corrected chi connectivity index (χ4v) is 2.34. The highest BCUT2D eigenvalue weighted by Gasteiger charge is 2.16. The summed E-state index contributed by atoms with van der Waals surface area (Å²) >= 11 is 0. The van der Waals surface area contributed by atoms with Crippen LogP contribution in [0, 0.1) is 6.92 Å². The quantitative estimate of drug-likeness (QED) is 0.912. The Balaban J connectivity index is 2.54. The maximum Gasteiger partial charge on any atom is 0.213 e. The van der Waals surface area contributed by atoms with Gasteiger partial charge in [-0.1, -0.05) is 19.9 Å². The van der Waals surface area contributed by atoms with Crippen molar-refractivity contribution in [3.05, 3.63) is 29.5 Å². The summed E-state index contributed by atoms with van der Waals surface area (Å²) < 4.78 is 5.16. The Kier molecular flexibility index (Phi) is 4.73. The van der Waals surface area contributed by atoms with Gasteiger partial charge in [0.2, 0.25) is 5.88 Å². The van der Waals surface area contributed by atoms with Crippen LogP contribution in [0.1, 0.15) is 37.9 Å². The van der Waals surface area contributed by atoms with Crippen molar-refractivity contribution >= 4 is 5.82 Å². The minimum Gasteiger partial charge on any atom is -0.481 e. The topological polar surface area (TPSA) is 59.9 Å². The van der Waals surface area contributed by atoms with Crippen LogP contribution in [0.4, 0.5) is 5.82 Å². The highest BCUT2D eigenvalue weighted by atomic mass is 16.5. The van der Waals surface area contributed by atoms with Gasteiger partial charge in [-0.3, -0.25) is 0 Å². The first-order valence-corrected chi connectivity index (χ1v) is 7.20. The third-order valence-electron chi connectivity index (χ3n) is 3.22. The van der Waals surface area contributed by atoms with E-state index in [4.69, 9.17) is 4.74 Å². The van der Waals surface area contributed by atoms with E-state index < -0.39 is 0 Å². The second-order valence-electron chi connectivity index (χ2n) is 5.15. The van der Waals surface area contributed by atoms with Crippen LogP contribution in [0.25, 0.3) is 11.5 Å². The first-order chi connectivity index (χ1) is 10.1. The second-order valence-corrected chi connectivity index (χ2v) is 5.15. The zero-order valence-electron chi connectivity index (χ0n) is 13.3. The Morgan fingerprint density at radius 1 is 1.19 bits per heavy atom. The van der Waals surface area contributed by atoms with Gasteiger partial charge in [-0.25, -0.2) is 15.0 Å². The maximum absolute atomic E-state index is 5.16. The largest absolute Gasteiger partial charge is 0.481 e. The molecule has 0 unspecified atom stereocenters. The molecule has 0 fully saturated rings. The first kappa shape index (κ1) is 15.2. The Labute approximate surface area is 125 Å². The molecule has 2 aromatic rings. The van der Waals surface area contributed by atoms with E-state index >= 15 is 0 Å². The number of nitrogens with zero attached hydrogens (tertiary/aromatic N) is 3. The van der Waals surface area contributed by atoms with Crippen molar-refractivity contribution in [1.82, 2.24) is 15.0 Å². The zero-order valence-corrected chi connectivity index (χ0v) is 13.3. The molecule has 2 aromatic heterocycles. The zero-order chi connectivity index (χ0) is 15.4. The molecule has 1 N–H and O–H groups in total. The predicted molar refractivity (Wildman–Crippen MR) is 84.8 cm³/mol. The van der Waals surface area contributed by atoms with Crippen LogP contribution < -0.4 is 10.1 Å². The number of pyridine rings is 1. The Bertz CT molecular complexity index is 626. The third-order valence-corrected chi connectivity index (χ3v) is 3.22. The van der Waals surface area contributed by atoms with Crippen molar-refractivity contribution in [3.63, 3.8) is 0 Å². The van der Waals surface area contributed by atoms with E-state index in [1.807, 2.05) is 25.1 Å². The minimum absolute atomic E-state index is 0.367. The summed E-state index contributed by atoms with van der Waals surface area (Å²) in [6, 6.07) is 5.59. The van der Waals surface area contributed by atoms with Gasteiger partial charge in [0, 0.05) is 23.9 Å². The van der Waals surface area contributed by atoms with Crippen LogP contribution in [0.5, 0.6) is 5.88 Å². The molecule has 0 saturated heterocycles. The second kappa shape index (κ2) is 6.52. The van der Waals surface area contributed by atoms with Gasteiger partial charge in [0.15, 0.2) is 5.82 Å². The molecule has 0 spiro atoms. The number of ether oxygens (including phenoxy) is 1. The van der Waals surface area contributed by atoms with Gasteiger partial charge in [0.1, 0.15) is 11.5 Å². The summed E-state index contributed by atoms with van der Waals surface area (Å²) in [5, 5.41) is 3.33. The van der Waals surface area contributed by atoms with Crippen molar-refractivity contribution in [2.24, 2.45) is 0 Å². The van der Waals surface area contributed by atoms with E-state index in [1.54, 1.807) is 7.11 Å². The van der Waals surface area contributed by atoms with E-state index in [2.05, 4.69) is 41.0 Å². The third kappa shape index (κ3) is 3.29. The lowest BCUT2D eigenvalue weighted by Gasteiger charge is -2.16. The predicted octanol–water partition coefficient (Wildman–Crippen LogP) is 3.41. The van der Waals surface area contributed by atoms with Crippen LogP contribution in [0.2, 0.25) is 0 Å². The molecule has 0 radical (unpaired) electrons. The number of rotatable bonds is 5. The number of hydrogen-bond donors (Lipinski definition) is 1. The molecule has 112 valence electrons. The average Bonchev–Trinajstić information content (AvgIpc) is 2.46. The van der Waals surface area contributed by atoms with Gasteiger partial charge in [0.05, 0.1) is 7.11 Å². The molecule has 0 bridgehead atoms. The Morgan fingerprint density at radius 3 is 2.57 bits per heavy atom. The molecule has 2 rings (SSSR count). The molecular formula is C16H22N4O. The minimum atomic E-state index is 0.367. The van der Waals surface area contributed by atoms with Crippen LogP contribution in [-0.4, -0.2) is 28.6 Å². The molecular weight excluding hydrogens is 264 g/mol. The highest BCUT2D eigenvalue weighted by Crippen LogP contribution is 2.28. The fourth-order valence-electron chi connectivity index (χ4n) is 2.34. The number of anilines is 1. The van der Waals surface area contributed by atoms with Gasteiger partial charge in [-0.2, -0.15) is 0 Å². The molecule has 5 heteroatoms. The van der Waals surface area contributed by atoms with Gasteiger partial charge in [-0.05, 0) is 25.8 Å². The van der Waals surface area contributed by atoms with Gasteiger partial charge in [0.25, 0.3) is 0 Å². The van der Waals surface area contributed by atoms with Gasteiger partial charge < -0.3 is 10.1 Å². The molecule has 0 saturated carbocycles. The van der Waals surface area contributed by atoms with E-state index in [0.29, 0.717) is 23.3 Å². The summed E-state index contributed by atoms with van der Waals surface area (Å²) in [7, 11) is 1.60. The number of hydrogen-bond acceptors (Lipinski definition) is 5. The monoisotopic (exact) mass is 286 g/mol. The van der Waals surface area contributed by atoms with E-state index in [0.717, 1.165) is 23.6 Å². The smallest absolute Gasteiger partial charge is 0.213 e. The Morgan fingerprint density at radius 2 is 1.95 bits per heavy atom. The van der Waals surface area contributed by atoms with E-state index in [1.165, 1.54) is 0 Å². The van der Waals surface area contributed by atoms with E-state index in [9.17, 15) is 0 Å². The normalized spacial score (nSPS) is 10.8. The standard InChI is InChI=1S/C16H22N4O/c1-6-17-16-14(10(2)3)11(4)18-15(20-16)12-8-7-9-13(19-12)21-5/h7-10H,6H2,1-5H3,(H,17,18,20). The van der Waals surface area contributed by atoms with Crippen LogP contribution in [-0.2, 0) is 0 Å². The summed E-state index contributed by atoms with van der Waals surface area (Å²) in [6.45, 7) is 9.19. The van der Waals surface area contributed by atoms with Crippen molar-refractivity contribution in [2.45, 2.75) is 33.6 Å².